The molecule has 84 valence electrons. The molecule has 0 N–H and O–H groups in total. The fourth-order valence-corrected chi connectivity index (χ4v) is 2.67. The highest BCUT2D eigenvalue weighted by Gasteiger charge is 2.16. The number of hydrogen-bond acceptors (Lipinski definition) is 5. The van der Waals surface area contributed by atoms with E-state index in [1.807, 2.05) is 0 Å². The lowest BCUT2D eigenvalue weighted by atomic mass is 10.2. The normalized spacial score (nSPS) is 11.6. The van der Waals surface area contributed by atoms with Crippen molar-refractivity contribution in [3.8, 4) is 10.6 Å². The summed E-state index contributed by atoms with van der Waals surface area (Å²) in [5.41, 5.74) is 0.259. The molecule has 0 atom stereocenters. The van der Waals surface area contributed by atoms with Crippen LogP contribution in [0.4, 0.5) is 4.39 Å². The highest BCUT2D eigenvalue weighted by atomic mass is 32.2. The van der Waals surface area contributed by atoms with E-state index in [1.165, 1.54) is 12.1 Å². The molecule has 0 saturated carbocycles. The molecule has 0 radical (unpaired) electrons. The summed E-state index contributed by atoms with van der Waals surface area (Å²) in [6.45, 7) is 0. The van der Waals surface area contributed by atoms with Crippen molar-refractivity contribution in [2.75, 3.05) is 6.26 Å². The van der Waals surface area contributed by atoms with E-state index in [1.54, 1.807) is 12.1 Å². The molecule has 7 heteroatoms. The van der Waals surface area contributed by atoms with E-state index in [0.29, 0.717) is 0 Å². The SMILES string of the molecule is CS(=O)(=O)c1nsc(-c2ccccc2F)n1. The molecular weight excluding hydrogens is 251 g/mol. The Bertz CT molecular complexity index is 622. The van der Waals surface area contributed by atoms with Crippen molar-refractivity contribution in [1.82, 2.24) is 9.36 Å². The summed E-state index contributed by atoms with van der Waals surface area (Å²) in [7, 11) is -3.44. The third kappa shape index (κ3) is 2.10. The van der Waals surface area contributed by atoms with E-state index in [4.69, 9.17) is 0 Å². The molecule has 0 saturated heterocycles. The van der Waals surface area contributed by atoms with Crippen LogP contribution in [0.5, 0.6) is 0 Å². The lowest BCUT2D eigenvalue weighted by molar-refractivity contribution is 0.595. The summed E-state index contributed by atoms with van der Waals surface area (Å²) in [6, 6.07) is 6.02. The molecule has 2 aromatic rings. The van der Waals surface area contributed by atoms with Gasteiger partial charge in [0.05, 0.1) is 0 Å². The third-order valence-corrected chi connectivity index (χ3v) is 3.55. The molecule has 0 unspecified atom stereocenters. The van der Waals surface area contributed by atoms with Crippen molar-refractivity contribution >= 4 is 21.4 Å². The van der Waals surface area contributed by atoms with Gasteiger partial charge in [0.1, 0.15) is 10.8 Å². The Balaban J connectivity index is 2.52. The summed E-state index contributed by atoms with van der Waals surface area (Å²) in [4.78, 5) is 3.79. The molecule has 0 aliphatic rings. The molecular formula is C9H7FN2O2S2. The molecule has 1 aromatic heterocycles. The average Bonchev–Trinajstić information content (AvgIpc) is 2.66. The van der Waals surface area contributed by atoms with Crippen LogP contribution in [-0.4, -0.2) is 24.0 Å². The Morgan fingerprint density at radius 1 is 1.31 bits per heavy atom. The van der Waals surface area contributed by atoms with Crippen LogP contribution in [-0.2, 0) is 9.84 Å². The van der Waals surface area contributed by atoms with Gasteiger partial charge in [0.15, 0.2) is 0 Å². The van der Waals surface area contributed by atoms with Crippen LogP contribution in [0, 0.1) is 5.82 Å². The maximum atomic E-state index is 13.4. The maximum absolute atomic E-state index is 13.4. The predicted molar refractivity (Wildman–Crippen MR) is 58.4 cm³/mol. The quantitative estimate of drug-likeness (QED) is 0.823. The Morgan fingerprint density at radius 3 is 2.56 bits per heavy atom. The van der Waals surface area contributed by atoms with Crippen LogP contribution in [0.2, 0.25) is 0 Å². The van der Waals surface area contributed by atoms with Crippen LogP contribution in [0.25, 0.3) is 10.6 Å². The van der Waals surface area contributed by atoms with E-state index in [-0.39, 0.29) is 15.7 Å². The van der Waals surface area contributed by atoms with E-state index in [0.717, 1.165) is 17.8 Å². The van der Waals surface area contributed by atoms with Gasteiger partial charge in [0.2, 0.25) is 9.84 Å². The zero-order valence-electron chi connectivity index (χ0n) is 8.21. The highest BCUT2D eigenvalue weighted by Crippen LogP contribution is 2.25. The van der Waals surface area contributed by atoms with Crippen LogP contribution < -0.4 is 0 Å². The van der Waals surface area contributed by atoms with Crippen LogP contribution >= 0.6 is 11.5 Å². The van der Waals surface area contributed by atoms with Crippen LogP contribution in [0.1, 0.15) is 0 Å². The number of benzene rings is 1. The molecule has 0 spiro atoms. The van der Waals surface area contributed by atoms with E-state index in [2.05, 4.69) is 9.36 Å². The van der Waals surface area contributed by atoms with Crippen molar-refractivity contribution < 1.29 is 12.8 Å². The van der Waals surface area contributed by atoms with Gasteiger partial charge in [-0.05, 0) is 23.7 Å². The standard InChI is InChI=1S/C9H7FN2O2S2/c1-16(13,14)9-11-8(15-12-9)6-4-2-3-5-7(6)10/h2-5H,1H3. The van der Waals surface area contributed by atoms with Crippen LogP contribution in [0.3, 0.4) is 0 Å². The topological polar surface area (TPSA) is 59.9 Å². The minimum Gasteiger partial charge on any atom is -0.221 e. The molecule has 1 aromatic carbocycles. The van der Waals surface area contributed by atoms with Crippen molar-refractivity contribution in [2.24, 2.45) is 0 Å². The minimum atomic E-state index is -3.44. The number of aromatic nitrogens is 2. The lowest BCUT2D eigenvalue weighted by Crippen LogP contribution is -1.99. The van der Waals surface area contributed by atoms with Crippen molar-refractivity contribution in [3.05, 3.63) is 30.1 Å². The first kappa shape index (κ1) is 11.2. The fraction of sp³-hybridized carbons (Fsp3) is 0.111. The van der Waals surface area contributed by atoms with Gasteiger partial charge in [-0.25, -0.2) is 17.8 Å². The molecule has 0 fully saturated rings. The first-order valence-electron chi connectivity index (χ1n) is 4.27. The number of hydrogen-bond donors (Lipinski definition) is 0. The first-order valence-corrected chi connectivity index (χ1v) is 6.93. The second-order valence-corrected chi connectivity index (χ2v) is 5.80. The fourth-order valence-electron chi connectivity index (χ4n) is 1.10. The smallest absolute Gasteiger partial charge is 0.221 e. The number of nitrogens with zero attached hydrogens (tertiary/aromatic N) is 2. The molecule has 4 nitrogen and oxygen atoms in total. The largest absolute Gasteiger partial charge is 0.259 e. The average molecular weight is 258 g/mol. The first-order chi connectivity index (χ1) is 7.48. The monoisotopic (exact) mass is 258 g/mol. The lowest BCUT2D eigenvalue weighted by Gasteiger charge is -1.95. The van der Waals surface area contributed by atoms with E-state index in [9.17, 15) is 12.8 Å². The Morgan fingerprint density at radius 2 is 2.00 bits per heavy atom. The van der Waals surface area contributed by atoms with E-state index >= 15 is 0 Å². The van der Waals surface area contributed by atoms with Gasteiger partial charge in [-0.15, -0.1) is 0 Å². The van der Waals surface area contributed by atoms with Gasteiger partial charge in [0.25, 0.3) is 5.16 Å². The minimum absolute atomic E-state index is 0.259. The molecule has 0 amide bonds. The summed E-state index contributed by atoms with van der Waals surface area (Å²) < 4.78 is 39.4. The van der Waals surface area contributed by atoms with E-state index < -0.39 is 15.7 Å². The molecule has 0 aliphatic heterocycles. The van der Waals surface area contributed by atoms with Gasteiger partial charge in [-0.2, -0.15) is 4.37 Å². The van der Waals surface area contributed by atoms with Crippen molar-refractivity contribution in [1.29, 1.82) is 0 Å². The van der Waals surface area contributed by atoms with Gasteiger partial charge in [0, 0.05) is 11.8 Å². The predicted octanol–water partition coefficient (Wildman–Crippen LogP) is 1.75. The third-order valence-electron chi connectivity index (χ3n) is 1.84. The summed E-state index contributed by atoms with van der Waals surface area (Å²) in [5.74, 6) is -0.446. The van der Waals surface area contributed by atoms with Crippen LogP contribution in [0.15, 0.2) is 29.4 Å². The Labute approximate surface area is 95.9 Å². The second kappa shape index (κ2) is 3.91. The van der Waals surface area contributed by atoms with Gasteiger partial charge in [-0.3, -0.25) is 0 Å². The molecule has 16 heavy (non-hydrogen) atoms. The Kier molecular flexibility index (Phi) is 2.73. The summed E-state index contributed by atoms with van der Waals surface area (Å²) >= 11 is 0.863. The zero-order valence-corrected chi connectivity index (χ0v) is 9.85. The molecule has 0 aliphatic carbocycles. The summed E-state index contributed by atoms with van der Waals surface area (Å²) in [6.07, 6.45) is 1.01. The zero-order chi connectivity index (χ0) is 11.8. The van der Waals surface area contributed by atoms with Gasteiger partial charge in [-0.1, -0.05) is 12.1 Å². The molecule has 0 bridgehead atoms. The molecule has 2 rings (SSSR count). The Hall–Kier alpha value is -1.34. The number of halogens is 1. The second-order valence-electron chi connectivity index (χ2n) is 3.13. The van der Waals surface area contributed by atoms with Crippen molar-refractivity contribution in [3.63, 3.8) is 0 Å². The number of sulfone groups is 1. The molecule has 1 heterocycles. The highest BCUT2D eigenvalue weighted by molar-refractivity contribution is 7.90. The maximum Gasteiger partial charge on any atom is 0.259 e. The van der Waals surface area contributed by atoms with Gasteiger partial charge >= 0.3 is 0 Å². The van der Waals surface area contributed by atoms with Crippen molar-refractivity contribution in [2.45, 2.75) is 5.16 Å². The summed E-state index contributed by atoms with van der Waals surface area (Å²) in [5, 5.41) is -0.00530. The van der Waals surface area contributed by atoms with Gasteiger partial charge < -0.3 is 0 Å². The number of rotatable bonds is 2.